The van der Waals surface area contributed by atoms with E-state index < -0.39 is 0.135 Å². The van der Waals surface area contributed by atoms with Gasteiger partial charge < -0.3 is 0 Å². The van der Waals surface area contributed by atoms with Gasteiger partial charge in [0.15, 0.2) is 0 Å². The molecule has 0 rings (SSSR count). The van der Waals surface area contributed by atoms with Gasteiger partial charge in [0, 0.05) is 0 Å². The Hall–Kier alpha value is 2.62. The maximum absolute atomic E-state index is 7.63. The fraction of sp³-hybridized carbons (Fsp3) is 1.00. The SMILES string of the molecule is [2H]P(I)(I)(I)CC. The van der Waals surface area contributed by atoms with E-state index in [2.05, 4.69) is 73.0 Å². The standard InChI is InChI=1S/C2H6I3P/c1-2-6(3,4)5/h6H,2H2,1H3/i6D. The van der Waals surface area contributed by atoms with Gasteiger partial charge in [-0.1, -0.05) is 0 Å². The molecule has 0 fully saturated rings. The van der Waals surface area contributed by atoms with E-state index in [1.54, 1.807) is 0 Å². The Morgan fingerprint density at radius 1 is 1.67 bits per heavy atom. The van der Waals surface area contributed by atoms with E-state index in [9.17, 15) is 0 Å². The van der Waals surface area contributed by atoms with Crippen LogP contribution in [0.4, 0.5) is 0 Å². The van der Waals surface area contributed by atoms with Crippen molar-refractivity contribution in [2.75, 3.05) is 6.16 Å². The fourth-order valence-electron chi connectivity index (χ4n) is 0. The first-order valence-corrected chi connectivity index (χ1v) is 11.9. The quantitative estimate of drug-likeness (QED) is 0.428. The molecule has 0 nitrogen and oxygen atoms in total. The summed E-state index contributed by atoms with van der Waals surface area (Å²) >= 11 is 6.74. The molecule has 0 aliphatic carbocycles. The molecule has 0 aliphatic heterocycles. The van der Waals surface area contributed by atoms with Crippen LogP contribution in [0.3, 0.4) is 0 Å². The molecule has 0 aliphatic rings. The molecule has 6 heavy (non-hydrogen) atoms. The van der Waals surface area contributed by atoms with Crippen LogP contribution in [0.2, 0.25) is 0 Å². The van der Waals surface area contributed by atoms with Gasteiger partial charge in [0.05, 0.1) is 0 Å². The molecule has 0 heterocycles. The van der Waals surface area contributed by atoms with Gasteiger partial charge >= 0.3 is 80.6 Å². The number of hydrogen-bond donors (Lipinski definition) is 0. The Bertz CT molecular complexity index is 65.5. The number of halogens is 3. The minimum atomic E-state index is -1.92. The van der Waals surface area contributed by atoms with Gasteiger partial charge in [-0.15, -0.1) is 0 Å². The summed E-state index contributed by atoms with van der Waals surface area (Å²) in [5, 5.41) is 0. The molecule has 0 aromatic heterocycles. The van der Waals surface area contributed by atoms with E-state index >= 15 is 0 Å². The molecule has 4 heteroatoms. The molecule has 0 saturated heterocycles. The molecule has 0 aromatic carbocycles. The van der Waals surface area contributed by atoms with Crippen LogP contribution in [0.15, 0.2) is 0 Å². The first-order chi connectivity index (χ1) is 2.81. The third-order valence-corrected chi connectivity index (χ3v) is 7.22. The summed E-state index contributed by atoms with van der Waals surface area (Å²) in [5.41, 5.74) is 0. The minimum absolute atomic E-state index is 0.993. The van der Waals surface area contributed by atoms with E-state index in [4.69, 9.17) is 1.28 Å². The summed E-state index contributed by atoms with van der Waals surface area (Å²) in [6.07, 6.45) is 0.993. The van der Waals surface area contributed by atoms with Gasteiger partial charge in [-0.2, -0.15) is 0 Å². The van der Waals surface area contributed by atoms with E-state index in [-0.39, 0.29) is 0 Å². The van der Waals surface area contributed by atoms with E-state index in [0.29, 0.717) is 0 Å². The third-order valence-electron chi connectivity index (χ3n) is 0.359. The van der Waals surface area contributed by atoms with Crippen LogP contribution in [0.5, 0.6) is 0 Å². The van der Waals surface area contributed by atoms with Crippen molar-refractivity contribution in [1.82, 2.24) is 0 Å². The average molecular weight is 443 g/mol. The van der Waals surface area contributed by atoms with Crippen molar-refractivity contribution in [2.24, 2.45) is 0 Å². The molecule has 0 spiro atoms. The van der Waals surface area contributed by atoms with Gasteiger partial charge in [-0.25, -0.2) is 0 Å². The molecule has 0 bridgehead atoms. The first-order valence-electron chi connectivity index (χ1n) is 1.98. The predicted octanol–water partition coefficient (Wildman–Crippen LogP) is 3.81. The average Bonchev–Trinajstić information content (AvgIpc) is 1.32. The van der Waals surface area contributed by atoms with E-state index in [0.717, 1.165) is 6.16 Å². The summed E-state index contributed by atoms with van der Waals surface area (Å²) in [7, 11) is 0. The Labute approximate surface area is 79.3 Å². The molecule has 0 radical (unpaired) electrons. The first kappa shape index (κ1) is 6.74. The maximum atomic E-state index is 7.63. The molecule has 0 amide bonds. The normalized spacial score (nSPS) is 21.3. The van der Waals surface area contributed by atoms with Gasteiger partial charge in [0.2, 0.25) is 0 Å². The van der Waals surface area contributed by atoms with Crippen LogP contribution in [-0.2, 0) is 0 Å². The van der Waals surface area contributed by atoms with Crippen LogP contribution >= 0.6 is 66.3 Å². The molecule has 0 atom stereocenters. The van der Waals surface area contributed by atoms with E-state index in [1.807, 2.05) is 0 Å². The van der Waals surface area contributed by atoms with Gasteiger partial charge in [0.25, 0.3) is 0 Å². The van der Waals surface area contributed by atoms with Crippen molar-refractivity contribution >= 4 is 66.3 Å². The van der Waals surface area contributed by atoms with Crippen LogP contribution in [-0.4, -0.2) is 7.44 Å². The zero-order chi connectivity index (χ0) is 6.15. The monoisotopic (exact) mass is 443 g/mol. The van der Waals surface area contributed by atoms with Crippen LogP contribution in [0.25, 0.3) is 0 Å². The fourth-order valence-corrected chi connectivity index (χ4v) is 0. The van der Waals surface area contributed by atoms with Crippen molar-refractivity contribution < 1.29 is 0 Å². The Balaban J connectivity index is 3.83. The van der Waals surface area contributed by atoms with Crippen LogP contribution < -0.4 is 0 Å². The van der Waals surface area contributed by atoms with Crippen molar-refractivity contribution in [3.63, 3.8) is 0 Å². The summed E-state index contributed by atoms with van der Waals surface area (Å²) < 4.78 is 5.71. The van der Waals surface area contributed by atoms with Crippen LogP contribution in [0, 0.1) is 0 Å². The molecule has 0 N–H and O–H groups in total. The van der Waals surface area contributed by atoms with Crippen molar-refractivity contribution in [2.45, 2.75) is 6.92 Å². The number of rotatable bonds is 1. The summed E-state index contributed by atoms with van der Waals surface area (Å²) in [5.74, 6) is 0. The van der Waals surface area contributed by atoms with Crippen molar-refractivity contribution in [1.29, 1.82) is 1.28 Å². The summed E-state index contributed by atoms with van der Waals surface area (Å²) in [6.45, 7) is 2.07. The summed E-state index contributed by atoms with van der Waals surface area (Å²) in [4.78, 5) is 0. The second-order valence-corrected chi connectivity index (χ2v) is 34.0. The molecule has 0 unspecified atom stereocenters. The number of hydrogen-bond acceptors (Lipinski definition) is 0. The molecule has 40 valence electrons. The molecule has 0 saturated carbocycles. The Kier molecular flexibility index (Phi) is 4.05. The van der Waals surface area contributed by atoms with Gasteiger partial charge in [0.1, 0.15) is 0 Å². The molecular weight excluding hydrogens is 436 g/mol. The topological polar surface area (TPSA) is 0 Å². The predicted molar refractivity (Wildman–Crippen MR) is 60.9 cm³/mol. The Morgan fingerprint density at radius 2 is 1.83 bits per heavy atom. The molecular formula is C2H6I3P. The zero-order valence-electron chi connectivity index (χ0n) is 4.29. The van der Waals surface area contributed by atoms with Crippen molar-refractivity contribution in [3.05, 3.63) is 0 Å². The van der Waals surface area contributed by atoms with Gasteiger partial charge in [-0.3, -0.25) is 0 Å². The zero-order valence-corrected chi connectivity index (χ0v) is 10.7. The second kappa shape index (κ2) is 3.61. The van der Waals surface area contributed by atoms with Crippen LogP contribution in [0.1, 0.15) is 6.92 Å². The van der Waals surface area contributed by atoms with Crippen molar-refractivity contribution in [3.8, 4) is 0 Å². The summed E-state index contributed by atoms with van der Waals surface area (Å²) in [6, 6.07) is 0. The molecule has 0 aromatic rings. The third kappa shape index (κ3) is 6.62. The van der Waals surface area contributed by atoms with E-state index in [1.165, 1.54) is 0 Å². The second-order valence-electron chi connectivity index (χ2n) is 0.866. The Morgan fingerprint density at radius 3 is 1.83 bits per heavy atom. The van der Waals surface area contributed by atoms with Gasteiger partial charge in [-0.05, 0) is 0 Å².